The van der Waals surface area contributed by atoms with Crippen LogP contribution in [0.1, 0.15) is 35.1 Å². The molecule has 1 aliphatic carbocycles. The first-order valence-electron chi connectivity index (χ1n) is 10.4. The number of aryl methyl sites for hydroxylation is 2. The Morgan fingerprint density at radius 3 is 1.97 bits per heavy atom. The second-order valence-corrected chi connectivity index (χ2v) is 7.65. The molecule has 3 nitrogen and oxygen atoms in total. The largest absolute Gasteiger partial charge is 0.484 e. The Labute approximate surface area is 172 Å². The van der Waals surface area contributed by atoms with Crippen molar-refractivity contribution in [3.8, 4) is 5.75 Å². The number of carbonyl (C=O) groups excluding carboxylic acids is 1. The number of nitrogens with zero attached hydrogens (tertiary/aromatic N) is 1. The van der Waals surface area contributed by atoms with Crippen molar-refractivity contribution in [3.05, 3.63) is 101 Å². The van der Waals surface area contributed by atoms with E-state index >= 15 is 0 Å². The minimum absolute atomic E-state index is 0.00423. The van der Waals surface area contributed by atoms with Crippen LogP contribution in [0.25, 0.3) is 0 Å². The van der Waals surface area contributed by atoms with Gasteiger partial charge in [-0.05, 0) is 60.1 Å². The van der Waals surface area contributed by atoms with Crippen molar-refractivity contribution in [2.75, 3.05) is 6.61 Å². The SMILES string of the molecule is O=C(COc1ccc2c(c1)CCCC2)N(Cc1ccccc1)Cc1ccccc1. The standard InChI is InChI=1S/C26H27NO2/c28-26(20-29-25-16-15-23-13-7-8-14-24(23)17-25)27(18-21-9-3-1-4-10-21)19-22-11-5-2-6-12-22/h1-6,9-12,15-17H,7-8,13-14,18-20H2. The van der Waals surface area contributed by atoms with E-state index in [1.54, 1.807) is 0 Å². The van der Waals surface area contributed by atoms with Crippen molar-refractivity contribution >= 4 is 5.91 Å². The lowest BCUT2D eigenvalue weighted by Crippen LogP contribution is -2.34. The van der Waals surface area contributed by atoms with Crippen LogP contribution in [-0.2, 0) is 30.7 Å². The molecule has 0 unspecified atom stereocenters. The maximum Gasteiger partial charge on any atom is 0.261 e. The average molecular weight is 386 g/mol. The van der Waals surface area contributed by atoms with E-state index in [0.29, 0.717) is 13.1 Å². The Hall–Kier alpha value is -3.07. The van der Waals surface area contributed by atoms with Crippen molar-refractivity contribution in [1.82, 2.24) is 4.90 Å². The summed E-state index contributed by atoms with van der Waals surface area (Å²) in [6, 6.07) is 26.5. The van der Waals surface area contributed by atoms with Gasteiger partial charge in [0.2, 0.25) is 0 Å². The molecule has 0 N–H and O–H groups in total. The van der Waals surface area contributed by atoms with Crippen molar-refractivity contribution in [3.63, 3.8) is 0 Å². The number of hydrogen-bond acceptors (Lipinski definition) is 2. The third-order valence-corrected chi connectivity index (χ3v) is 5.47. The van der Waals surface area contributed by atoms with E-state index in [1.807, 2.05) is 47.4 Å². The zero-order valence-corrected chi connectivity index (χ0v) is 16.7. The first kappa shape index (κ1) is 19.3. The van der Waals surface area contributed by atoms with E-state index in [1.165, 1.54) is 24.0 Å². The average Bonchev–Trinajstić information content (AvgIpc) is 2.78. The molecule has 0 heterocycles. The summed E-state index contributed by atoms with van der Waals surface area (Å²) in [5.41, 5.74) is 5.02. The molecule has 4 rings (SSSR count). The maximum atomic E-state index is 13.0. The lowest BCUT2D eigenvalue weighted by molar-refractivity contribution is -0.134. The summed E-state index contributed by atoms with van der Waals surface area (Å²) in [6.45, 7) is 1.20. The summed E-state index contributed by atoms with van der Waals surface area (Å²) in [7, 11) is 0. The van der Waals surface area contributed by atoms with Crippen LogP contribution in [0, 0.1) is 0 Å². The topological polar surface area (TPSA) is 29.5 Å². The third kappa shape index (κ3) is 5.26. The number of ether oxygens (including phenoxy) is 1. The van der Waals surface area contributed by atoms with Crippen LogP contribution in [0.5, 0.6) is 5.75 Å². The molecule has 1 amide bonds. The Morgan fingerprint density at radius 2 is 1.34 bits per heavy atom. The van der Waals surface area contributed by atoms with E-state index in [9.17, 15) is 4.79 Å². The van der Waals surface area contributed by atoms with Gasteiger partial charge in [0, 0.05) is 13.1 Å². The van der Waals surface area contributed by atoms with Gasteiger partial charge in [-0.2, -0.15) is 0 Å². The van der Waals surface area contributed by atoms with Crippen LogP contribution in [0.2, 0.25) is 0 Å². The molecule has 3 heteroatoms. The van der Waals surface area contributed by atoms with E-state index in [-0.39, 0.29) is 12.5 Å². The van der Waals surface area contributed by atoms with Crippen LogP contribution in [0.3, 0.4) is 0 Å². The molecule has 0 saturated carbocycles. The van der Waals surface area contributed by atoms with Gasteiger partial charge in [-0.25, -0.2) is 0 Å². The first-order chi connectivity index (χ1) is 14.3. The van der Waals surface area contributed by atoms with Gasteiger partial charge in [0.1, 0.15) is 5.75 Å². The highest BCUT2D eigenvalue weighted by Crippen LogP contribution is 2.25. The summed E-state index contributed by atoms with van der Waals surface area (Å²) in [4.78, 5) is 14.9. The Bertz CT molecular complexity index is 896. The molecule has 0 aliphatic heterocycles. The fourth-order valence-corrected chi connectivity index (χ4v) is 3.88. The number of carbonyl (C=O) groups is 1. The highest BCUT2D eigenvalue weighted by molar-refractivity contribution is 5.77. The Morgan fingerprint density at radius 1 is 0.759 bits per heavy atom. The third-order valence-electron chi connectivity index (χ3n) is 5.47. The van der Waals surface area contributed by atoms with Crippen molar-refractivity contribution < 1.29 is 9.53 Å². The molecule has 0 spiro atoms. The van der Waals surface area contributed by atoms with E-state index in [4.69, 9.17) is 4.74 Å². The van der Waals surface area contributed by atoms with Crippen LogP contribution in [0.15, 0.2) is 78.9 Å². The van der Waals surface area contributed by atoms with Crippen molar-refractivity contribution in [2.45, 2.75) is 38.8 Å². The summed E-state index contributed by atoms with van der Waals surface area (Å²) < 4.78 is 5.90. The van der Waals surface area contributed by atoms with Gasteiger partial charge in [0.15, 0.2) is 6.61 Å². The Kier molecular flexibility index (Phi) is 6.25. The molecular formula is C26H27NO2. The van der Waals surface area contributed by atoms with E-state index < -0.39 is 0 Å². The molecule has 3 aromatic rings. The zero-order chi connectivity index (χ0) is 19.9. The summed E-state index contributed by atoms with van der Waals surface area (Å²) in [6.07, 6.45) is 4.75. The second kappa shape index (κ2) is 9.42. The molecule has 148 valence electrons. The summed E-state index contributed by atoms with van der Waals surface area (Å²) in [5, 5.41) is 0. The van der Waals surface area contributed by atoms with Gasteiger partial charge in [0.25, 0.3) is 5.91 Å². The van der Waals surface area contributed by atoms with Gasteiger partial charge in [0.05, 0.1) is 0 Å². The number of amides is 1. The molecule has 0 atom stereocenters. The molecule has 0 bridgehead atoms. The molecule has 0 saturated heterocycles. The van der Waals surface area contributed by atoms with Gasteiger partial charge in [-0.15, -0.1) is 0 Å². The molecule has 1 aliphatic rings. The van der Waals surface area contributed by atoms with Gasteiger partial charge in [-0.3, -0.25) is 4.79 Å². The zero-order valence-electron chi connectivity index (χ0n) is 16.7. The monoisotopic (exact) mass is 385 g/mol. The van der Waals surface area contributed by atoms with Crippen LogP contribution >= 0.6 is 0 Å². The predicted molar refractivity (Wildman–Crippen MR) is 116 cm³/mol. The minimum Gasteiger partial charge on any atom is -0.484 e. The predicted octanol–water partition coefficient (Wildman–Crippen LogP) is 5.17. The molecule has 0 fully saturated rings. The lowest BCUT2D eigenvalue weighted by atomic mass is 9.92. The second-order valence-electron chi connectivity index (χ2n) is 7.65. The van der Waals surface area contributed by atoms with Gasteiger partial charge < -0.3 is 9.64 Å². The van der Waals surface area contributed by atoms with Gasteiger partial charge >= 0.3 is 0 Å². The summed E-state index contributed by atoms with van der Waals surface area (Å²) in [5.74, 6) is 0.786. The highest BCUT2D eigenvalue weighted by atomic mass is 16.5. The molecular weight excluding hydrogens is 358 g/mol. The van der Waals surface area contributed by atoms with Crippen LogP contribution in [-0.4, -0.2) is 17.4 Å². The van der Waals surface area contributed by atoms with Gasteiger partial charge in [-0.1, -0.05) is 66.7 Å². The Balaban J connectivity index is 1.44. The quantitative estimate of drug-likeness (QED) is 0.561. The van der Waals surface area contributed by atoms with Crippen molar-refractivity contribution in [2.24, 2.45) is 0 Å². The van der Waals surface area contributed by atoms with Crippen molar-refractivity contribution in [1.29, 1.82) is 0 Å². The van der Waals surface area contributed by atoms with Crippen LogP contribution in [0.4, 0.5) is 0 Å². The number of benzene rings is 3. The van der Waals surface area contributed by atoms with E-state index in [0.717, 1.165) is 29.7 Å². The maximum absolute atomic E-state index is 13.0. The molecule has 29 heavy (non-hydrogen) atoms. The molecule has 0 radical (unpaired) electrons. The normalized spacial score (nSPS) is 12.8. The number of fused-ring (bicyclic) bond motifs is 1. The highest BCUT2D eigenvalue weighted by Gasteiger charge is 2.16. The van der Waals surface area contributed by atoms with Crippen LogP contribution < -0.4 is 4.74 Å². The first-order valence-corrected chi connectivity index (χ1v) is 10.4. The number of hydrogen-bond donors (Lipinski definition) is 0. The minimum atomic E-state index is -0.00423. The fraction of sp³-hybridized carbons (Fsp3) is 0.269. The van der Waals surface area contributed by atoms with E-state index in [2.05, 4.69) is 36.4 Å². The fourth-order valence-electron chi connectivity index (χ4n) is 3.88. The molecule has 0 aromatic heterocycles. The molecule has 3 aromatic carbocycles. The summed E-state index contributed by atoms with van der Waals surface area (Å²) >= 11 is 0. The smallest absolute Gasteiger partial charge is 0.261 e. The number of rotatable bonds is 7. The lowest BCUT2D eigenvalue weighted by Gasteiger charge is -2.23.